The molecule has 6 aromatic heterocycles. The molecule has 0 fully saturated rings. The van der Waals surface area contributed by atoms with Crippen LogP contribution in [0.3, 0.4) is 0 Å². The Morgan fingerprint density at radius 1 is 0.429 bits per heavy atom. The summed E-state index contributed by atoms with van der Waals surface area (Å²) in [6.07, 6.45) is 0. The fraction of sp³-hybridized carbons (Fsp3) is 0.0303. The summed E-state index contributed by atoms with van der Waals surface area (Å²) in [6.45, 7) is 2.12. The van der Waals surface area contributed by atoms with Gasteiger partial charge in [-0.3, -0.25) is 9.59 Å². The van der Waals surface area contributed by atoms with Gasteiger partial charge in [0, 0.05) is 85.6 Å². The highest BCUT2D eigenvalue weighted by Crippen LogP contribution is 2.46. The summed E-state index contributed by atoms with van der Waals surface area (Å²) in [5.41, 5.74) is 6.02. The molecule has 0 aliphatic carbocycles. The maximum atomic E-state index is 13.6. The number of benzene rings is 1. The van der Waals surface area contributed by atoms with Gasteiger partial charge in [0.05, 0.1) is 5.00 Å². The third-order valence-corrected chi connectivity index (χ3v) is 14.8. The minimum Gasteiger partial charge on any atom is -0.391 e. The molecule has 0 amide bonds. The van der Waals surface area contributed by atoms with Crippen molar-refractivity contribution in [1.29, 1.82) is 0 Å². The van der Waals surface area contributed by atoms with Crippen molar-refractivity contribution in [2.75, 3.05) is 5.73 Å². The third-order valence-electron chi connectivity index (χ3n) is 7.64. The van der Waals surface area contributed by atoms with Crippen molar-refractivity contribution < 1.29 is 0 Å². The van der Waals surface area contributed by atoms with Crippen LogP contribution in [0.2, 0.25) is 0 Å². The monoisotopic (exact) mass is 651 g/mol. The second kappa shape index (κ2) is 9.03. The van der Waals surface area contributed by atoms with Gasteiger partial charge in [0.15, 0.2) is 10.9 Å². The molecule has 9 rings (SSSR count). The van der Waals surface area contributed by atoms with Crippen LogP contribution in [0.5, 0.6) is 0 Å². The van der Waals surface area contributed by atoms with E-state index in [4.69, 9.17) is 5.73 Å². The molecule has 0 radical (unpaired) electrons. The lowest BCUT2D eigenvalue weighted by Gasteiger charge is -1.95. The van der Waals surface area contributed by atoms with E-state index in [9.17, 15) is 9.59 Å². The first-order valence-electron chi connectivity index (χ1n) is 13.1. The molecule has 3 aromatic carbocycles. The van der Waals surface area contributed by atoms with E-state index in [-0.39, 0.29) is 10.9 Å². The summed E-state index contributed by atoms with van der Waals surface area (Å²) < 4.78 is 1.93. The number of hydrogen-bond acceptors (Lipinski definition) is 9. The standard InChI is InChI=1S/C33H17NO2S6/c1-14-2-3-21(37-14)22-4-6-25(38-22)27-12-19-30(35)15-11-18-16(10-17(15)32(19)41-27)31(36)20-13-28(42-33(18)20)26-7-5-23(39-26)24-8-9-29(34)40-24/h2-13H,34H2,1H3. The van der Waals surface area contributed by atoms with Crippen LogP contribution in [0.25, 0.3) is 80.7 Å². The Balaban J connectivity index is 1.15. The zero-order valence-electron chi connectivity index (χ0n) is 21.8. The summed E-state index contributed by atoms with van der Waals surface area (Å²) in [4.78, 5) is 37.9. The number of fused-ring (bicyclic) bond motifs is 6. The van der Waals surface area contributed by atoms with Gasteiger partial charge in [0.2, 0.25) is 0 Å². The average Bonchev–Trinajstić information content (AvgIpc) is 3.81. The fourth-order valence-electron chi connectivity index (χ4n) is 5.66. The van der Waals surface area contributed by atoms with Crippen LogP contribution >= 0.6 is 68.0 Å². The highest BCUT2D eigenvalue weighted by Gasteiger charge is 2.21. The number of nitrogen functional groups attached to an aromatic ring is 1. The highest BCUT2D eigenvalue weighted by atomic mass is 32.1. The minimum absolute atomic E-state index is 0.0416. The van der Waals surface area contributed by atoms with Gasteiger partial charge in [-0.15, -0.1) is 68.0 Å². The molecule has 9 aromatic rings. The zero-order chi connectivity index (χ0) is 28.3. The predicted octanol–water partition coefficient (Wildman–Crippen LogP) is 10.8. The topological polar surface area (TPSA) is 60.2 Å². The number of hydrogen-bond donors (Lipinski definition) is 1. The Kier molecular flexibility index (Phi) is 5.40. The number of nitrogens with two attached hydrogens (primary N) is 1. The third kappa shape index (κ3) is 3.65. The molecule has 202 valence electrons. The molecule has 0 aliphatic heterocycles. The van der Waals surface area contributed by atoms with Crippen LogP contribution in [0.4, 0.5) is 5.00 Å². The van der Waals surface area contributed by atoms with E-state index in [1.54, 1.807) is 68.0 Å². The summed E-state index contributed by atoms with van der Waals surface area (Å²) >= 11 is 10.1. The first kappa shape index (κ1) is 25.1. The van der Waals surface area contributed by atoms with E-state index in [1.165, 1.54) is 19.5 Å². The lowest BCUT2D eigenvalue weighted by Crippen LogP contribution is -1.95. The normalized spacial score (nSPS) is 12.2. The minimum atomic E-state index is 0.0416. The van der Waals surface area contributed by atoms with Crippen molar-refractivity contribution in [3.8, 4) is 39.0 Å². The van der Waals surface area contributed by atoms with E-state index in [1.807, 2.05) is 36.4 Å². The predicted molar refractivity (Wildman–Crippen MR) is 190 cm³/mol. The van der Waals surface area contributed by atoms with Crippen LogP contribution < -0.4 is 16.6 Å². The first-order chi connectivity index (χ1) is 20.4. The second-order valence-electron chi connectivity index (χ2n) is 10.2. The van der Waals surface area contributed by atoms with E-state index in [0.717, 1.165) is 60.3 Å². The van der Waals surface area contributed by atoms with Crippen molar-refractivity contribution in [1.82, 2.24) is 0 Å². The van der Waals surface area contributed by atoms with Crippen molar-refractivity contribution in [3.63, 3.8) is 0 Å². The number of anilines is 1. The SMILES string of the molecule is Cc1ccc(-c2ccc(-c3cc4c(=O)c5cc6c(cc5c4s3)c(=O)c3cc(-c4ccc(-c5ccc(N)s5)s4)sc36)s2)s1. The average molecular weight is 652 g/mol. The molecule has 42 heavy (non-hydrogen) atoms. The second-order valence-corrected chi connectivity index (χ2v) is 16.9. The molecular formula is C33H17NO2S6. The van der Waals surface area contributed by atoms with Gasteiger partial charge < -0.3 is 5.73 Å². The molecule has 0 atom stereocenters. The van der Waals surface area contributed by atoms with Gasteiger partial charge >= 0.3 is 0 Å². The Bertz CT molecular complexity index is 2420. The molecule has 0 saturated carbocycles. The van der Waals surface area contributed by atoms with Crippen LogP contribution in [0.15, 0.2) is 82.4 Å². The van der Waals surface area contributed by atoms with Crippen LogP contribution in [-0.4, -0.2) is 0 Å². The van der Waals surface area contributed by atoms with Crippen molar-refractivity contribution in [3.05, 3.63) is 98.1 Å². The maximum absolute atomic E-state index is 13.6. The van der Waals surface area contributed by atoms with E-state index in [2.05, 4.69) is 43.3 Å². The number of rotatable bonds is 4. The van der Waals surface area contributed by atoms with E-state index < -0.39 is 0 Å². The molecular weight excluding hydrogens is 635 g/mol. The zero-order valence-corrected chi connectivity index (χ0v) is 26.7. The Morgan fingerprint density at radius 2 is 0.857 bits per heavy atom. The molecule has 2 N–H and O–H groups in total. The number of thiophene rings is 6. The summed E-state index contributed by atoms with van der Waals surface area (Å²) in [7, 11) is 0. The molecule has 6 heterocycles. The Hall–Kier alpha value is -3.44. The Morgan fingerprint density at radius 3 is 1.31 bits per heavy atom. The molecule has 0 spiro atoms. The smallest absolute Gasteiger partial charge is 0.195 e. The molecule has 0 unspecified atom stereocenters. The van der Waals surface area contributed by atoms with Crippen LogP contribution in [0, 0.1) is 6.92 Å². The van der Waals surface area contributed by atoms with Gasteiger partial charge in [0.25, 0.3) is 0 Å². The largest absolute Gasteiger partial charge is 0.391 e. The van der Waals surface area contributed by atoms with Gasteiger partial charge in [-0.05, 0) is 79.7 Å². The van der Waals surface area contributed by atoms with Gasteiger partial charge in [-0.25, -0.2) is 0 Å². The summed E-state index contributed by atoms with van der Waals surface area (Å²) in [5.74, 6) is 0. The molecule has 3 nitrogen and oxygen atoms in total. The fourth-order valence-corrected chi connectivity index (χ4v) is 12.0. The van der Waals surface area contributed by atoms with E-state index in [0.29, 0.717) is 10.8 Å². The van der Waals surface area contributed by atoms with Gasteiger partial charge in [0.1, 0.15) is 0 Å². The molecule has 0 bridgehead atoms. The van der Waals surface area contributed by atoms with E-state index >= 15 is 0 Å². The first-order valence-corrected chi connectivity index (χ1v) is 18.0. The Labute approximate surface area is 262 Å². The lowest BCUT2D eigenvalue weighted by atomic mass is 10.1. The van der Waals surface area contributed by atoms with Crippen molar-refractivity contribution in [2.24, 2.45) is 0 Å². The lowest BCUT2D eigenvalue weighted by molar-refractivity contribution is 1.64. The van der Waals surface area contributed by atoms with Crippen molar-refractivity contribution >= 4 is 115 Å². The quantitative estimate of drug-likeness (QED) is 0.206. The van der Waals surface area contributed by atoms with Gasteiger partial charge in [-0.1, -0.05) is 0 Å². The molecule has 0 aliphatic rings. The maximum Gasteiger partial charge on any atom is 0.195 e. The van der Waals surface area contributed by atoms with Crippen LogP contribution in [0.1, 0.15) is 4.88 Å². The van der Waals surface area contributed by atoms with Gasteiger partial charge in [-0.2, -0.15) is 0 Å². The highest BCUT2D eigenvalue weighted by molar-refractivity contribution is 7.30. The molecule has 0 saturated heterocycles. The summed E-state index contributed by atoms with van der Waals surface area (Å²) in [5, 5.41) is 5.45. The number of aryl methyl sites for hydroxylation is 1. The van der Waals surface area contributed by atoms with Crippen molar-refractivity contribution in [2.45, 2.75) is 6.92 Å². The summed E-state index contributed by atoms with van der Waals surface area (Å²) in [6, 6.07) is 24.8. The molecule has 9 heteroatoms. The van der Waals surface area contributed by atoms with Crippen LogP contribution in [-0.2, 0) is 0 Å².